The Balaban J connectivity index is 2.06. The summed E-state index contributed by atoms with van der Waals surface area (Å²) in [5.74, 6) is -0.361. The van der Waals surface area contributed by atoms with Gasteiger partial charge in [-0.15, -0.1) is 0 Å². The number of ether oxygens (including phenoxy) is 1. The summed E-state index contributed by atoms with van der Waals surface area (Å²) in [6.07, 6.45) is 0. The molecule has 102 valence electrons. The van der Waals surface area contributed by atoms with E-state index in [2.05, 4.69) is 5.32 Å². The Morgan fingerprint density at radius 2 is 2.11 bits per heavy atom. The predicted octanol–water partition coefficient (Wildman–Crippen LogP) is -0.0303. The highest BCUT2D eigenvalue weighted by atomic mass is 16.5. The zero-order valence-corrected chi connectivity index (χ0v) is 10.4. The van der Waals surface area contributed by atoms with Crippen LogP contribution in [0.25, 0.3) is 0 Å². The summed E-state index contributed by atoms with van der Waals surface area (Å²) in [5, 5.41) is 22.4. The quantitative estimate of drug-likeness (QED) is 0.696. The summed E-state index contributed by atoms with van der Waals surface area (Å²) >= 11 is 0. The van der Waals surface area contributed by atoms with Gasteiger partial charge in [0.2, 0.25) is 0 Å². The van der Waals surface area contributed by atoms with Gasteiger partial charge in [-0.2, -0.15) is 0 Å². The molecule has 2 aliphatic rings. The van der Waals surface area contributed by atoms with Crippen molar-refractivity contribution in [2.75, 3.05) is 32.8 Å². The molecule has 0 radical (unpaired) electrons. The number of nitrogens with one attached hydrogen (secondary N) is 1. The Morgan fingerprint density at radius 1 is 1.37 bits per heavy atom. The number of phenols is 1. The van der Waals surface area contributed by atoms with Crippen LogP contribution in [0.3, 0.4) is 0 Å². The molecule has 1 saturated heterocycles. The maximum atomic E-state index is 11.9. The maximum absolute atomic E-state index is 11.9. The number of phenolic OH excluding ortho intramolecular Hbond substituents is 1. The van der Waals surface area contributed by atoms with E-state index in [9.17, 15) is 15.0 Å². The van der Waals surface area contributed by atoms with E-state index in [0.717, 1.165) is 13.1 Å². The second-order valence-electron chi connectivity index (χ2n) is 4.87. The molecule has 6 heteroatoms. The molecule has 0 saturated carbocycles. The van der Waals surface area contributed by atoms with Crippen LogP contribution < -0.4 is 10.1 Å². The maximum Gasteiger partial charge on any atom is 0.332 e. The van der Waals surface area contributed by atoms with Crippen molar-refractivity contribution in [3.8, 4) is 11.5 Å². The van der Waals surface area contributed by atoms with Gasteiger partial charge in [-0.05, 0) is 12.1 Å². The second kappa shape index (κ2) is 4.40. The van der Waals surface area contributed by atoms with E-state index in [1.807, 2.05) is 4.90 Å². The van der Waals surface area contributed by atoms with Crippen molar-refractivity contribution in [2.24, 2.45) is 0 Å². The van der Waals surface area contributed by atoms with Crippen molar-refractivity contribution in [1.29, 1.82) is 0 Å². The number of fused-ring (bicyclic) bond motifs is 1. The lowest BCUT2D eigenvalue weighted by molar-refractivity contribution is -0.154. The van der Waals surface area contributed by atoms with Gasteiger partial charge in [-0.25, -0.2) is 4.79 Å². The van der Waals surface area contributed by atoms with Gasteiger partial charge < -0.3 is 20.3 Å². The van der Waals surface area contributed by atoms with E-state index in [1.165, 1.54) is 12.1 Å². The van der Waals surface area contributed by atoms with Crippen molar-refractivity contribution < 1.29 is 19.7 Å². The van der Waals surface area contributed by atoms with Gasteiger partial charge >= 0.3 is 5.97 Å². The summed E-state index contributed by atoms with van der Waals surface area (Å²) < 4.78 is 5.51. The van der Waals surface area contributed by atoms with Crippen molar-refractivity contribution in [1.82, 2.24) is 10.2 Å². The fourth-order valence-electron chi connectivity index (χ4n) is 2.85. The topological polar surface area (TPSA) is 82.0 Å². The molecule has 2 heterocycles. The van der Waals surface area contributed by atoms with E-state index in [-0.39, 0.29) is 12.4 Å². The van der Waals surface area contributed by atoms with Crippen LogP contribution in [0.5, 0.6) is 11.5 Å². The van der Waals surface area contributed by atoms with Crippen LogP contribution in [0.2, 0.25) is 0 Å². The Bertz CT molecular complexity index is 513. The average Bonchev–Trinajstić information content (AvgIpc) is 2.79. The number of piperazine rings is 1. The second-order valence-corrected chi connectivity index (χ2v) is 4.87. The minimum Gasteiger partial charge on any atom is -0.508 e. The molecule has 1 unspecified atom stereocenters. The summed E-state index contributed by atoms with van der Waals surface area (Å²) in [5.41, 5.74) is -0.509. The number of aromatic hydroxyl groups is 1. The first-order valence-electron chi connectivity index (χ1n) is 6.30. The molecule has 0 aromatic heterocycles. The van der Waals surface area contributed by atoms with Crippen molar-refractivity contribution >= 4 is 5.97 Å². The molecule has 0 bridgehead atoms. The first-order valence-corrected chi connectivity index (χ1v) is 6.30. The zero-order chi connectivity index (χ0) is 13.5. The standard InChI is InChI=1S/C13H16N2O4/c16-9-1-2-10-11(7-9)19-8-13(10,12(17)18)15-5-3-14-4-6-15/h1-2,7,14,16H,3-6,8H2,(H,17,18). The van der Waals surface area contributed by atoms with E-state index in [1.54, 1.807) is 6.07 Å². The van der Waals surface area contributed by atoms with Gasteiger partial charge in [-0.1, -0.05) is 0 Å². The number of carboxylic acids is 1. The number of aliphatic carboxylic acids is 1. The third-order valence-corrected chi connectivity index (χ3v) is 3.86. The SMILES string of the molecule is O=C(O)C1(N2CCNCC2)COc2cc(O)ccc21. The molecule has 3 rings (SSSR count). The van der Waals surface area contributed by atoms with Crippen LogP contribution in [0.1, 0.15) is 5.56 Å². The Hall–Kier alpha value is -1.79. The molecule has 19 heavy (non-hydrogen) atoms. The normalized spacial score (nSPS) is 26.7. The summed E-state index contributed by atoms with van der Waals surface area (Å²) in [4.78, 5) is 13.8. The third-order valence-electron chi connectivity index (χ3n) is 3.86. The van der Waals surface area contributed by atoms with Gasteiger partial charge in [0.25, 0.3) is 0 Å². The summed E-state index contributed by atoms with van der Waals surface area (Å²) in [7, 11) is 0. The number of carboxylic acid groups (broad SMARTS) is 1. The third kappa shape index (κ3) is 1.75. The Morgan fingerprint density at radius 3 is 2.79 bits per heavy atom. The molecule has 2 aliphatic heterocycles. The number of hydrogen-bond acceptors (Lipinski definition) is 5. The smallest absolute Gasteiger partial charge is 0.332 e. The van der Waals surface area contributed by atoms with Crippen LogP contribution in [0, 0.1) is 0 Å². The number of benzene rings is 1. The molecular formula is C13H16N2O4. The minimum absolute atomic E-state index is 0.0836. The molecule has 1 aromatic rings. The Labute approximate surface area is 110 Å². The number of carbonyl (C=O) groups is 1. The van der Waals surface area contributed by atoms with Crippen LogP contribution in [0.4, 0.5) is 0 Å². The molecule has 3 N–H and O–H groups in total. The largest absolute Gasteiger partial charge is 0.508 e. The van der Waals surface area contributed by atoms with Gasteiger partial charge in [0.05, 0.1) is 0 Å². The van der Waals surface area contributed by atoms with E-state index in [4.69, 9.17) is 4.74 Å². The minimum atomic E-state index is -1.13. The zero-order valence-electron chi connectivity index (χ0n) is 10.4. The number of nitrogens with zero attached hydrogens (tertiary/aromatic N) is 1. The van der Waals surface area contributed by atoms with Crippen LogP contribution in [-0.2, 0) is 10.3 Å². The lowest BCUT2D eigenvalue weighted by Gasteiger charge is -2.39. The molecule has 1 fully saturated rings. The molecular weight excluding hydrogens is 248 g/mol. The molecule has 0 aliphatic carbocycles. The first-order chi connectivity index (χ1) is 9.14. The van der Waals surface area contributed by atoms with Crippen molar-refractivity contribution in [3.63, 3.8) is 0 Å². The van der Waals surface area contributed by atoms with Crippen LogP contribution >= 0.6 is 0 Å². The molecule has 0 spiro atoms. The fourth-order valence-corrected chi connectivity index (χ4v) is 2.85. The predicted molar refractivity (Wildman–Crippen MR) is 67.4 cm³/mol. The Kier molecular flexibility index (Phi) is 2.83. The molecule has 6 nitrogen and oxygen atoms in total. The lowest BCUT2D eigenvalue weighted by atomic mass is 9.89. The average molecular weight is 264 g/mol. The van der Waals surface area contributed by atoms with Gasteiger partial charge in [0.15, 0.2) is 5.54 Å². The van der Waals surface area contributed by atoms with Crippen LogP contribution in [-0.4, -0.2) is 53.9 Å². The van der Waals surface area contributed by atoms with Crippen molar-refractivity contribution in [3.05, 3.63) is 23.8 Å². The van der Waals surface area contributed by atoms with Gasteiger partial charge in [0, 0.05) is 37.8 Å². The molecule has 1 aromatic carbocycles. The first kappa shape index (κ1) is 12.3. The highest BCUT2D eigenvalue weighted by Crippen LogP contribution is 2.43. The number of rotatable bonds is 2. The monoisotopic (exact) mass is 264 g/mol. The summed E-state index contributed by atoms with van der Waals surface area (Å²) in [6.45, 7) is 2.94. The highest BCUT2D eigenvalue weighted by molar-refractivity contribution is 5.83. The highest BCUT2D eigenvalue weighted by Gasteiger charge is 2.52. The summed E-state index contributed by atoms with van der Waals surface area (Å²) in [6, 6.07) is 4.63. The van der Waals surface area contributed by atoms with Gasteiger partial charge in [-0.3, -0.25) is 4.90 Å². The van der Waals surface area contributed by atoms with E-state index < -0.39 is 11.5 Å². The van der Waals surface area contributed by atoms with E-state index >= 15 is 0 Å². The van der Waals surface area contributed by atoms with Crippen LogP contribution in [0.15, 0.2) is 18.2 Å². The van der Waals surface area contributed by atoms with Crippen molar-refractivity contribution in [2.45, 2.75) is 5.54 Å². The van der Waals surface area contributed by atoms with E-state index in [0.29, 0.717) is 24.4 Å². The van der Waals surface area contributed by atoms with Gasteiger partial charge in [0.1, 0.15) is 18.1 Å². The fraction of sp³-hybridized carbons (Fsp3) is 0.462. The molecule has 0 amide bonds. The number of hydrogen-bond donors (Lipinski definition) is 3. The lowest BCUT2D eigenvalue weighted by Crippen LogP contribution is -2.59. The molecule has 1 atom stereocenters.